The van der Waals surface area contributed by atoms with Gasteiger partial charge < -0.3 is 4.74 Å². The molecule has 2 amide bonds. The first-order valence-electron chi connectivity index (χ1n) is 10.2. The van der Waals surface area contributed by atoms with E-state index in [0.717, 1.165) is 14.8 Å². The fourth-order valence-corrected chi connectivity index (χ4v) is 4.85. The smallest absolute Gasteiger partial charge is 0.269 e. The van der Waals surface area contributed by atoms with Gasteiger partial charge in [0.1, 0.15) is 5.75 Å². The van der Waals surface area contributed by atoms with Gasteiger partial charge in [-0.2, -0.15) is 0 Å². The van der Waals surface area contributed by atoms with Gasteiger partial charge in [0.2, 0.25) is 5.91 Å². The zero-order valence-corrected chi connectivity index (χ0v) is 20.6. The van der Waals surface area contributed by atoms with E-state index in [1.807, 2.05) is 31.2 Å². The van der Waals surface area contributed by atoms with Gasteiger partial charge >= 0.3 is 0 Å². The summed E-state index contributed by atoms with van der Waals surface area (Å²) in [7, 11) is -0.968. The summed E-state index contributed by atoms with van der Waals surface area (Å²) in [4.78, 5) is 25.5. The largest absolute Gasteiger partial charge is 0.497 e. The maximum atomic E-state index is 13.1. The number of benzene rings is 3. The third-order valence-corrected chi connectivity index (χ3v) is 7.69. The molecule has 0 radical (unpaired) electrons. The van der Waals surface area contributed by atoms with E-state index in [2.05, 4.69) is 10.9 Å². The van der Waals surface area contributed by atoms with Crippen LogP contribution in [-0.2, 0) is 14.8 Å². The number of hydrogen-bond donors (Lipinski definition) is 2. The Morgan fingerprint density at radius 1 is 0.971 bits per heavy atom. The summed E-state index contributed by atoms with van der Waals surface area (Å²) < 4.78 is 32.3. The molecule has 0 saturated carbocycles. The number of nitrogens with one attached hydrogen (secondary N) is 2. The monoisotopic (exact) mass is 499 g/mol. The molecular weight excluding hydrogens is 474 g/mol. The molecule has 0 bridgehead atoms. The van der Waals surface area contributed by atoms with Crippen molar-refractivity contribution >= 4 is 39.3 Å². The molecule has 10 heteroatoms. The lowest BCUT2D eigenvalue weighted by atomic mass is 10.2. The number of ether oxygens (including phenoxy) is 1. The molecule has 34 heavy (non-hydrogen) atoms. The first-order chi connectivity index (χ1) is 16.2. The molecule has 0 aromatic heterocycles. The van der Waals surface area contributed by atoms with E-state index in [1.54, 1.807) is 24.3 Å². The number of nitrogens with zero attached hydrogens (tertiary/aromatic N) is 1. The van der Waals surface area contributed by atoms with Crippen molar-refractivity contribution in [1.29, 1.82) is 0 Å². The lowest BCUT2D eigenvalue weighted by Gasteiger charge is -2.20. The second-order valence-electron chi connectivity index (χ2n) is 7.30. The Labute approximate surface area is 203 Å². The van der Waals surface area contributed by atoms with E-state index >= 15 is 0 Å². The molecule has 0 heterocycles. The molecule has 0 fully saturated rings. The third-order valence-electron chi connectivity index (χ3n) is 4.90. The SMILES string of the molecule is COc1ccc(N(C)S(=O)(=O)c2cccc(C(=O)NNC(=O)CSc3ccc(C)cc3)c2)cc1. The standard InChI is InChI=1S/C24H25N3O5S2/c1-17-7-13-21(14-8-17)33-16-23(28)25-26-24(29)18-5-4-6-22(15-18)34(30,31)27(2)19-9-11-20(32-3)12-10-19/h4-15H,16H2,1-3H3,(H,25,28)(H,26,29). The van der Waals surface area contributed by atoms with Gasteiger partial charge in [0.15, 0.2) is 0 Å². The Balaban J connectivity index is 1.62. The Kier molecular flexibility index (Phi) is 8.19. The van der Waals surface area contributed by atoms with E-state index in [4.69, 9.17) is 4.74 Å². The van der Waals surface area contributed by atoms with Crippen molar-refractivity contribution in [2.24, 2.45) is 0 Å². The van der Waals surface area contributed by atoms with Gasteiger partial charge in [-0.05, 0) is 61.5 Å². The molecule has 0 aliphatic carbocycles. The number of carbonyl (C=O) groups is 2. The lowest BCUT2D eigenvalue weighted by molar-refractivity contribution is -0.119. The van der Waals surface area contributed by atoms with Crippen LogP contribution in [0.1, 0.15) is 15.9 Å². The zero-order chi connectivity index (χ0) is 24.7. The second kappa shape index (κ2) is 11.1. The number of hydrazine groups is 1. The molecule has 0 atom stereocenters. The van der Waals surface area contributed by atoms with Crippen LogP contribution in [0.5, 0.6) is 5.75 Å². The van der Waals surface area contributed by atoms with Crippen LogP contribution in [0.25, 0.3) is 0 Å². The van der Waals surface area contributed by atoms with Crippen LogP contribution < -0.4 is 19.9 Å². The van der Waals surface area contributed by atoms with Crippen molar-refractivity contribution in [2.45, 2.75) is 16.7 Å². The van der Waals surface area contributed by atoms with Gasteiger partial charge in [-0.25, -0.2) is 8.42 Å². The van der Waals surface area contributed by atoms with E-state index in [1.165, 1.54) is 50.2 Å². The fourth-order valence-electron chi connectivity index (χ4n) is 2.90. The molecule has 3 aromatic carbocycles. The average Bonchev–Trinajstić information content (AvgIpc) is 2.86. The Morgan fingerprint density at radius 2 is 1.65 bits per heavy atom. The number of carbonyl (C=O) groups excluding carboxylic acids is 2. The van der Waals surface area contributed by atoms with Crippen molar-refractivity contribution in [2.75, 3.05) is 24.2 Å². The fraction of sp³-hybridized carbons (Fsp3) is 0.167. The Morgan fingerprint density at radius 3 is 2.29 bits per heavy atom. The quantitative estimate of drug-likeness (QED) is 0.364. The molecule has 8 nitrogen and oxygen atoms in total. The van der Waals surface area contributed by atoms with Crippen LogP contribution in [0.3, 0.4) is 0 Å². The number of sulfonamides is 1. The number of amides is 2. The highest BCUT2D eigenvalue weighted by molar-refractivity contribution is 8.00. The molecule has 0 unspecified atom stereocenters. The average molecular weight is 500 g/mol. The summed E-state index contributed by atoms with van der Waals surface area (Å²) in [6, 6.07) is 19.9. The van der Waals surface area contributed by atoms with Gasteiger partial charge in [-0.15, -0.1) is 11.8 Å². The van der Waals surface area contributed by atoms with Crippen LogP contribution in [0.15, 0.2) is 82.6 Å². The molecule has 2 N–H and O–H groups in total. The molecule has 3 aromatic rings. The van der Waals surface area contributed by atoms with Crippen molar-refractivity contribution in [3.63, 3.8) is 0 Å². The van der Waals surface area contributed by atoms with Crippen LogP contribution in [0.4, 0.5) is 5.69 Å². The van der Waals surface area contributed by atoms with Crippen molar-refractivity contribution in [1.82, 2.24) is 10.9 Å². The van der Waals surface area contributed by atoms with Crippen LogP contribution in [-0.4, -0.2) is 40.1 Å². The first-order valence-corrected chi connectivity index (χ1v) is 12.6. The number of anilines is 1. The minimum absolute atomic E-state index is 0.0558. The predicted octanol–water partition coefficient (Wildman–Crippen LogP) is 3.38. The number of rotatable bonds is 8. The van der Waals surface area contributed by atoms with Crippen LogP contribution in [0, 0.1) is 6.92 Å². The van der Waals surface area contributed by atoms with Crippen molar-refractivity contribution < 1.29 is 22.7 Å². The van der Waals surface area contributed by atoms with E-state index in [0.29, 0.717) is 11.4 Å². The van der Waals surface area contributed by atoms with Gasteiger partial charge in [0.05, 0.1) is 23.4 Å². The highest BCUT2D eigenvalue weighted by Gasteiger charge is 2.22. The normalized spacial score (nSPS) is 10.9. The summed E-state index contributed by atoms with van der Waals surface area (Å²) in [5.74, 6) is -0.294. The van der Waals surface area contributed by atoms with Crippen molar-refractivity contribution in [3.05, 3.63) is 83.9 Å². The highest BCUT2D eigenvalue weighted by atomic mass is 32.2. The molecular formula is C24H25N3O5S2. The van der Waals surface area contributed by atoms with Gasteiger partial charge in [-0.1, -0.05) is 23.8 Å². The topological polar surface area (TPSA) is 105 Å². The molecule has 0 spiro atoms. The summed E-state index contributed by atoms with van der Waals surface area (Å²) in [5, 5.41) is 0. The number of hydrogen-bond acceptors (Lipinski definition) is 6. The number of thioether (sulfide) groups is 1. The maximum Gasteiger partial charge on any atom is 0.269 e. The van der Waals surface area contributed by atoms with Crippen LogP contribution >= 0.6 is 11.8 Å². The number of aryl methyl sites for hydroxylation is 1. The van der Waals surface area contributed by atoms with Crippen LogP contribution in [0.2, 0.25) is 0 Å². The Bertz CT molecular complexity index is 1260. The summed E-state index contributed by atoms with van der Waals surface area (Å²) in [6.07, 6.45) is 0. The van der Waals surface area contributed by atoms with E-state index in [-0.39, 0.29) is 22.1 Å². The van der Waals surface area contributed by atoms with Crippen molar-refractivity contribution in [3.8, 4) is 5.75 Å². The minimum Gasteiger partial charge on any atom is -0.497 e. The molecule has 0 saturated heterocycles. The molecule has 0 aliphatic heterocycles. The van der Waals surface area contributed by atoms with E-state index < -0.39 is 15.9 Å². The minimum atomic E-state index is -3.92. The highest BCUT2D eigenvalue weighted by Crippen LogP contribution is 2.24. The third kappa shape index (κ3) is 6.30. The molecule has 0 aliphatic rings. The number of methoxy groups -OCH3 is 1. The predicted molar refractivity (Wildman–Crippen MR) is 133 cm³/mol. The molecule has 178 valence electrons. The summed E-state index contributed by atoms with van der Waals surface area (Å²) >= 11 is 1.34. The Hall–Kier alpha value is -3.50. The van der Waals surface area contributed by atoms with Gasteiger partial charge in [0.25, 0.3) is 15.9 Å². The molecule has 3 rings (SSSR count). The zero-order valence-electron chi connectivity index (χ0n) is 18.9. The van der Waals surface area contributed by atoms with Gasteiger partial charge in [0, 0.05) is 17.5 Å². The maximum absolute atomic E-state index is 13.1. The summed E-state index contributed by atoms with van der Waals surface area (Å²) in [5.41, 5.74) is 6.33. The summed E-state index contributed by atoms with van der Waals surface area (Å²) in [6.45, 7) is 1.98. The lowest BCUT2D eigenvalue weighted by Crippen LogP contribution is -2.42. The van der Waals surface area contributed by atoms with Gasteiger partial charge in [-0.3, -0.25) is 24.7 Å². The first kappa shape index (κ1) is 25.1. The van der Waals surface area contributed by atoms with E-state index in [9.17, 15) is 18.0 Å². The second-order valence-corrected chi connectivity index (χ2v) is 10.3.